The van der Waals surface area contributed by atoms with Gasteiger partial charge in [0.05, 0.1) is 10.8 Å². The molecule has 4 aromatic rings. The molecule has 1 aromatic heterocycles. The fourth-order valence-electron chi connectivity index (χ4n) is 5.86. The number of aromatic nitrogens is 1. The van der Waals surface area contributed by atoms with Gasteiger partial charge in [0.15, 0.2) is 6.54 Å². The van der Waals surface area contributed by atoms with Crippen molar-refractivity contribution >= 4 is 33.1 Å². The van der Waals surface area contributed by atoms with Gasteiger partial charge in [0.1, 0.15) is 0 Å². The summed E-state index contributed by atoms with van der Waals surface area (Å²) in [6.45, 7) is 10.7. The van der Waals surface area contributed by atoms with E-state index in [2.05, 4.69) is 74.3 Å². The Morgan fingerprint density at radius 1 is 0.692 bits per heavy atom. The highest BCUT2D eigenvalue weighted by molar-refractivity contribution is 6.10. The molecular weight excluding hydrogens is 482 g/mol. The molecule has 7 heteroatoms. The van der Waals surface area contributed by atoms with Crippen LogP contribution >= 0.6 is 0 Å². The van der Waals surface area contributed by atoms with Gasteiger partial charge in [-0.25, -0.2) is 0 Å². The van der Waals surface area contributed by atoms with Crippen LogP contribution in [0.3, 0.4) is 0 Å². The molecule has 206 valence electrons. The normalized spacial score (nSPS) is 14.9. The number of nitrogens with zero attached hydrogens (tertiary/aromatic N) is 3. The third kappa shape index (κ3) is 6.68. The topological polar surface area (TPSA) is 100 Å². The van der Waals surface area contributed by atoms with E-state index in [9.17, 15) is 0 Å². The van der Waals surface area contributed by atoms with Crippen molar-refractivity contribution in [1.82, 2.24) is 15.1 Å². The molecule has 2 heterocycles. The Morgan fingerprint density at radius 2 is 1.33 bits per heavy atom. The molecule has 1 fully saturated rings. The van der Waals surface area contributed by atoms with Crippen LogP contribution in [0.25, 0.3) is 32.9 Å². The Hall–Kier alpha value is -3.23. The maximum Gasteiger partial charge on any atom is 0.220 e. The van der Waals surface area contributed by atoms with E-state index in [0.29, 0.717) is 0 Å². The lowest BCUT2D eigenvalue weighted by Gasteiger charge is -2.34. The smallest absolute Gasteiger partial charge is 0.220 e. The number of nitrogen functional groups attached to an aromatic ring is 2. The lowest BCUT2D eigenvalue weighted by Crippen LogP contribution is -2.47. The second-order valence-electron chi connectivity index (χ2n) is 10.7. The van der Waals surface area contributed by atoms with Gasteiger partial charge < -0.3 is 32.3 Å². The van der Waals surface area contributed by atoms with Gasteiger partial charge >= 0.3 is 0 Å². The minimum absolute atomic E-state index is 0.777. The van der Waals surface area contributed by atoms with Crippen LogP contribution in [0, 0.1) is 0 Å². The minimum Gasteiger partial charge on any atom is -0.399 e. The molecular formula is C32H44N7+. The van der Waals surface area contributed by atoms with Gasteiger partial charge in [-0.1, -0.05) is 24.3 Å². The first-order valence-corrected chi connectivity index (χ1v) is 14.5. The Labute approximate surface area is 232 Å². The Kier molecular flexibility index (Phi) is 9.27. The second-order valence-corrected chi connectivity index (χ2v) is 10.7. The summed E-state index contributed by atoms with van der Waals surface area (Å²) in [6.07, 6.45) is 3.31. The van der Waals surface area contributed by atoms with E-state index in [-0.39, 0.29) is 0 Å². The summed E-state index contributed by atoms with van der Waals surface area (Å²) in [5.74, 6) is 0. The maximum atomic E-state index is 6.29. The standard InChI is InChI=1S/C32H43N7/c33-13-4-16-37-19-21-38(22-20-37)17-5-14-36-15-6-18-39-31-24-27(35)10-12-29(31)28-11-9-26(34)23-30(28)32(39)25-7-2-1-3-8-25/h1-3,7-12,23-24,35-36H,4-6,13-22,33-34H2/p+1. The van der Waals surface area contributed by atoms with Crippen molar-refractivity contribution in [3.05, 3.63) is 66.7 Å². The number of benzene rings is 3. The lowest BCUT2D eigenvalue weighted by atomic mass is 9.98. The van der Waals surface area contributed by atoms with E-state index in [1.807, 2.05) is 12.1 Å². The van der Waals surface area contributed by atoms with Crippen LogP contribution in [0.15, 0.2) is 66.7 Å². The minimum atomic E-state index is 0.777. The lowest BCUT2D eigenvalue weighted by molar-refractivity contribution is -0.659. The number of piperazine rings is 1. The van der Waals surface area contributed by atoms with Gasteiger partial charge in [0.25, 0.3) is 0 Å². The molecule has 0 aliphatic carbocycles. The van der Waals surface area contributed by atoms with Gasteiger partial charge in [-0.15, -0.1) is 0 Å². The SMILES string of the molecule is NCCCN1CCN(CCCNCCC[n+]2c(-c3ccccc3)c3cc(N)ccc3c3ccc(N)cc32)CC1. The van der Waals surface area contributed by atoms with Crippen molar-refractivity contribution in [3.8, 4) is 11.3 Å². The molecule has 0 radical (unpaired) electrons. The Morgan fingerprint density at radius 3 is 2.05 bits per heavy atom. The van der Waals surface area contributed by atoms with Crippen LogP contribution in [0.5, 0.6) is 0 Å². The molecule has 7 N–H and O–H groups in total. The summed E-state index contributed by atoms with van der Waals surface area (Å²) in [5, 5.41) is 7.27. The Bertz CT molecular complexity index is 1360. The molecule has 0 saturated carbocycles. The molecule has 7 nitrogen and oxygen atoms in total. The zero-order chi connectivity index (χ0) is 27.0. The molecule has 0 spiro atoms. The number of rotatable bonds is 12. The average molecular weight is 527 g/mol. The predicted octanol–water partition coefficient (Wildman–Crippen LogP) is 3.45. The van der Waals surface area contributed by atoms with Crippen LogP contribution in [0.4, 0.5) is 11.4 Å². The van der Waals surface area contributed by atoms with E-state index in [0.717, 1.165) is 62.5 Å². The second kappa shape index (κ2) is 13.2. The number of aryl methyl sites for hydroxylation is 1. The monoisotopic (exact) mass is 526 g/mol. The first-order valence-electron chi connectivity index (χ1n) is 14.5. The predicted molar refractivity (Wildman–Crippen MR) is 165 cm³/mol. The molecule has 0 amide bonds. The number of anilines is 2. The molecule has 1 aliphatic rings. The molecule has 0 unspecified atom stereocenters. The first kappa shape index (κ1) is 27.3. The van der Waals surface area contributed by atoms with Crippen molar-refractivity contribution in [2.45, 2.75) is 25.8 Å². The number of hydrogen-bond acceptors (Lipinski definition) is 6. The molecule has 5 rings (SSSR count). The fraction of sp³-hybridized carbons (Fsp3) is 0.406. The van der Waals surface area contributed by atoms with Gasteiger partial charge in [-0.2, -0.15) is 4.57 Å². The maximum absolute atomic E-state index is 6.29. The highest BCUT2D eigenvalue weighted by atomic mass is 15.3. The highest BCUT2D eigenvalue weighted by Crippen LogP contribution is 2.33. The summed E-state index contributed by atoms with van der Waals surface area (Å²) in [6, 6.07) is 23.1. The molecule has 1 aliphatic heterocycles. The van der Waals surface area contributed by atoms with Crippen LogP contribution in [0.2, 0.25) is 0 Å². The summed E-state index contributed by atoms with van der Waals surface area (Å²) in [7, 11) is 0. The van der Waals surface area contributed by atoms with E-state index >= 15 is 0 Å². The molecule has 3 aromatic carbocycles. The van der Waals surface area contributed by atoms with E-state index in [1.54, 1.807) is 0 Å². The first-order chi connectivity index (χ1) is 19.1. The van der Waals surface area contributed by atoms with Crippen LogP contribution in [-0.2, 0) is 6.54 Å². The van der Waals surface area contributed by atoms with Crippen molar-refractivity contribution in [1.29, 1.82) is 0 Å². The molecule has 0 bridgehead atoms. The third-order valence-corrected chi connectivity index (χ3v) is 7.93. The van der Waals surface area contributed by atoms with Crippen LogP contribution in [0.1, 0.15) is 19.3 Å². The number of nitrogens with one attached hydrogen (secondary N) is 1. The third-order valence-electron chi connectivity index (χ3n) is 7.93. The van der Waals surface area contributed by atoms with Crippen molar-refractivity contribution in [2.24, 2.45) is 5.73 Å². The number of nitrogens with two attached hydrogens (primary N) is 3. The zero-order valence-electron chi connectivity index (χ0n) is 23.1. The number of pyridine rings is 1. The highest BCUT2D eigenvalue weighted by Gasteiger charge is 2.23. The summed E-state index contributed by atoms with van der Waals surface area (Å²) >= 11 is 0. The van der Waals surface area contributed by atoms with Crippen molar-refractivity contribution in [3.63, 3.8) is 0 Å². The molecule has 39 heavy (non-hydrogen) atoms. The molecule has 0 atom stereocenters. The van der Waals surface area contributed by atoms with Gasteiger partial charge in [-0.3, -0.25) is 0 Å². The summed E-state index contributed by atoms with van der Waals surface area (Å²) < 4.78 is 2.44. The van der Waals surface area contributed by atoms with E-state index in [1.165, 1.54) is 66.6 Å². The van der Waals surface area contributed by atoms with Crippen LogP contribution in [-0.4, -0.2) is 68.7 Å². The quantitative estimate of drug-likeness (QED) is 0.0977. The van der Waals surface area contributed by atoms with Gasteiger partial charge in [0, 0.05) is 67.5 Å². The van der Waals surface area contributed by atoms with Gasteiger partial charge in [-0.05, 0) is 75.4 Å². The van der Waals surface area contributed by atoms with Crippen molar-refractivity contribution < 1.29 is 4.57 Å². The van der Waals surface area contributed by atoms with Crippen molar-refractivity contribution in [2.75, 3.05) is 70.4 Å². The largest absolute Gasteiger partial charge is 0.399 e. The van der Waals surface area contributed by atoms with E-state index < -0.39 is 0 Å². The molecule has 1 saturated heterocycles. The van der Waals surface area contributed by atoms with Crippen LogP contribution < -0.4 is 27.1 Å². The fourth-order valence-corrected chi connectivity index (χ4v) is 5.86. The van der Waals surface area contributed by atoms with Gasteiger partial charge in [0.2, 0.25) is 11.2 Å². The summed E-state index contributed by atoms with van der Waals surface area (Å²) in [5.41, 5.74) is 23.3. The van der Waals surface area contributed by atoms with E-state index in [4.69, 9.17) is 17.2 Å². The average Bonchev–Trinajstić information content (AvgIpc) is 2.96. The Balaban J connectivity index is 1.24. The number of fused-ring (bicyclic) bond motifs is 3. The number of hydrogen-bond donors (Lipinski definition) is 4. The zero-order valence-corrected chi connectivity index (χ0v) is 23.1. The summed E-state index contributed by atoms with van der Waals surface area (Å²) in [4.78, 5) is 5.14.